The van der Waals surface area contributed by atoms with Gasteiger partial charge in [-0.3, -0.25) is 14.2 Å². The van der Waals surface area contributed by atoms with Crippen molar-refractivity contribution in [2.75, 3.05) is 5.32 Å². The second-order valence-electron chi connectivity index (χ2n) is 6.68. The summed E-state index contributed by atoms with van der Waals surface area (Å²) in [7, 11) is 0. The normalized spacial score (nSPS) is 12.0. The quantitative estimate of drug-likeness (QED) is 0.385. The summed E-state index contributed by atoms with van der Waals surface area (Å²) in [5.74, 6) is -0.135. The number of aromatic nitrogens is 2. The van der Waals surface area contributed by atoms with Crippen LogP contribution in [0.5, 0.6) is 0 Å². The average Bonchev–Trinajstić information content (AvgIpc) is 2.67. The number of aryl methyl sites for hydroxylation is 2. The second-order valence-corrected chi connectivity index (χ2v) is 7.99. The summed E-state index contributed by atoms with van der Waals surface area (Å²) in [5, 5.41) is 3.60. The molecule has 1 atom stereocenters. The van der Waals surface area contributed by atoms with E-state index in [4.69, 9.17) is 0 Å². The molecule has 3 aromatic rings. The number of nitrogens with zero attached hydrogens (tertiary/aromatic N) is 2. The maximum absolute atomic E-state index is 12.8. The lowest BCUT2D eigenvalue weighted by atomic mass is 10.1. The molecule has 144 valence electrons. The lowest BCUT2D eigenvalue weighted by Crippen LogP contribution is -2.27. The summed E-state index contributed by atoms with van der Waals surface area (Å²) < 4.78 is 1.56. The van der Waals surface area contributed by atoms with E-state index in [1.807, 2.05) is 51.1 Å². The molecule has 1 aromatic heterocycles. The first-order chi connectivity index (χ1) is 13.4. The number of rotatable bonds is 6. The van der Waals surface area contributed by atoms with Gasteiger partial charge in [-0.1, -0.05) is 47.7 Å². The fraction of sp³-hybridized carbons (Fsp3) is 0.227. The highest BCUT2D eigenvalue weighted by molar-refractivity contribution is 8.00. The van der Waals surface area contributed by atoms with Crippen molar-refractivity contribution in [1.82, 2.24) is 9.55 Å². The fourth-order valence-corrected chi connectivity index (χ4v) is 3.85. The highest BCUT2D eigenvalue weighted by Gasteiger charge is 2.19. The maximum Gasteiger partial charge on any atom is 0.262 e. The van der Waals surface area contributed by atoms with Gasteiger partial charge in [-0.25, -0.2) is 4.98 Å². The molecule has 0 aliphatic heterocycles. The van der Waals surface area contributed by atoms with Crippen LogP contribution in [0.3, 0.4) is 0 Å². The van der Waals surface area contributed by atoms with Crippen molar-refractivity contribution < 1.29 is 4.79 Å². The van der Waals surface area contributed by atoms with Crippen LogP contribution < -0.4 is 10.9 Å². The van der Waals surface area contributed by atoms with Gasteiger partial charge in [0.15, 0.2) is 5.16 Å². The summed E-state index contributed by atoms with van der Waals surface area (Å²) in [5.41, 5.74) is 3.44. The van der Waals surface area contributed by atoms with Gasteiger partial charge in [0.25, 0.3) is 5.56 Å². The minimum Gasteiger partial charge on any atom is -0.325 e. The third-order valence-electron chi connectivity index (χ3n) is 4.43. The molecule has 0 bridgehead atoms. The molecule has 3 rings (SSSR count). The zero-order valence-corrected chi connectivity index (χ0v) is 17.0. The zero-order chi connectivity index (χ0) is 20.3. The Morgan fingerprint density at radius 1 is 1.29 bits per heavy atom. The molecular formula is C22H23N3O2S. The van der Waals surface area contributed by atoms with Gasteiger partial charge in [-0.15, -0.1) is 6.58 Å². The number of hydrogen-bond donors (Lipinski definition) is 1. The number of thioether (sulfide) groups is 1. The summed E-state index contributed by atoms with van der Waals surface area (Å²) in [4.78, 5) is 30.1. The van der Waals surface area contributed by atoms with E-state index in [0.29, 0.717) is 22.6 Å². The predicted octanol–water partition coefficient (Wildman–Crippen LogP) is 4.32. The van der Waals surface area contributed by atoms with Gasteiger partial charge < -0.3 is 5.32 Å². The Labute approximate surface area is 168 Å². The Morgan fingerprint density at radius 3 is 2.75 bits per heavy atom. The molecule has 1 N–H and O–H groups in total. The van der Waals surface area contributed by atoms with E-state index >= 15 is 0 Å². The number of carbonyl (C=O) groups excluding carboxylic acids is 1. The van der Waals surface area contributed by atoms with Gasteiger partial charge in [-0.2, -0.15) is 0 Å². The third kappa shape index (κ3) is 4.17. The summed E-state index contributed by atoms with van der Waals surface area (Å²) >= 11 is 1.27. The summed E-state index contributed by atoms with van der Waals surface area (Å²) in [6.45, 7) is 9.86. The third-order valence-corrected chi connectivity index (χ3v) is 5.52. The maximum atomic E-state index is 12.8. The molecule has 0 aliphatic carbocycles. The fourth-order valence-electron chi connectivity index (χ4n) is 2.93. The lowest BCUT2D eigenvalue weighted by molar-refractivity contribution is -0.115. The van der Waals surface area contributed by atoms with Crippen molar-refractivity contribution in [2.45, 2.75) is 37.7 Å². The standard InChI is InChI=1S/C22H23N3O2S/c1-5-12-25-21(27)17-8-6-7-9-19(17)24-22(25)28-16(4)20(26)23-18-11-10-14(2)13-15(18)3/h5-11,13,16H,1,12H2,2-4H3,(H,23,26)/t16-/m0/s1. The van der Waals surface area contributed by atoms with E-state index in [0.717, 1.165) is 16.8 Å². The number of nitrogens with one attached hydrogen (secondary N) is 1. The molecule has 0 aliphatic rings. The van der Waals surface area contributed by atoms with Gasteiger partial charge in [0, 0.05) is 12.2 Å². The Bertz CT molecular complexity index is 1100. The largest absolute Gasteiger partial charge is 0.325 e. The number of carbonyl (C=O) groups is 1. The minimum absolute atomic E-state index is 0.130. The van der Waals surface area contributed by atoms with Crippen LogP contribution in [0.2, 0.25) is 0 Å². The number of fused-ring (bicyclic) bond motifs is 1. The smallest absolute Gasteiger partial charge is 0.262 e. The second kappa shape index (κ2) is 8.44. The number of para-hydroxylation sites is 1. The number of benzene rings is 2. The van der Waals surface area contributed by atoms with Crippen LogP contribution in [0.4, 0.5) is 5.69 Å². The highest BCUT2D eigenvalue weighted by atomic mass is 32.2. The van der Waals surface area contributed by atoms with Crippen LogP contribution >= 0.6 is 11.8 Å². The van der Waals surface area contributed by atoms with E-state index in [1.165, 1.54) is 11.8 Å². The number of allylic oxidation sites excluding steroid dienone is 1. The molecule has 5 nitrogen and oxygen atoms in total. The van der Waals surface area contributed by atoms with E-state index in [9.17, 15) is 9.59 Å². The van der Waals surface area contributed by atoms with Crippen molar-refractivity contribution in [2.24, 2.45) is 0 Å². The van der Waals surface area contributed by atoms with Crippen LogP contribution in [0.1, 0.15) is 18.1 Å². The Hall–Kier alpha value is -2.86. The van der Waals surface area contributed by atoms with E-state index in [1.54, 1.807) is 22.8 Å². The van der Waals surface area contributed by atoms with Crippen LogP contribution in [-0.4, -0.2) is 20.7 Å². The van der Waals surface area contributed by atoms with Gasteiger partial charge in [-0.05, 0) is 44.5 Å². The van der Waals surface area contributed by atoms with Gasteiger partial charge >= 0.3 is 0 Å². The number of amides is 1. The Morgan fingerprint density at radius 2 is 2.04 bits per heavy atom. The molecule has 0 spiro atoms. The topological polar surface area (TPSA) is 64.0 Å². The molecule has 6 heteroatoms. The minimum atomic E-state index is -0.426. The van der Waals surface area contributed by atoms with Crippen LogP contribution in [-0.2, 0) is 11.3 Å². The lowest BCUT2D eigenvalue weighted by Gasteiger charge is -2.16. The predicted molar refractivity (Wildman–Crippen MR) is 116 cm³/mol. The SMILES string of the molecule is C=CCn1c(S[C@@H](C)C(=O)Nc2ccc(C)cc2C)nc2ccccc2c1=O. The molecule has 0 unspecified atom stereocenters. The molecule has 0 saturated carbocycles. The molecule has 28 heavy (non-hydrogen) atoms. The van der Waals surface area contributed by atoms with Crippen molar-refractivity contribution in [3.63, 3.8) is 0 Å². The molecule has 0 fully saturated rings. The number of anilines is 1. The van der Waals surface area contributed by atoms with Crippen molar-refractivity contribution in [1.29, 1.82) is 0 Å². The molecule has 2 aromatic carbocycles. The highest BCUT2D eigenvalue weighted by Crippen LogP contribution is 2.24. The summed E-state index contributed by atoms with van der Waals surface area (Å²) in [6.07, 6.45) is 1.66. The Balaban J connectivity index is 1.88. The monoisotopic (exact) mass is 393 g/mol. The van der Waals surface area contributed by atoms with Gasteiger partial charge in [0.05, 0.1) is 16.2 Å². The molecule has 1 heterocycles. The zero-order valence-electron chi connectivity index (χ0n) is 16.2. The van der Waals surface area contributed by atoms with Crippen LogP contribution in [0.15, 0.2) is 65.1 Å². The first-order valence-electron chi connectivity index (χ1n) is 9.06. The molecular weight excluding hydrogens is 370 g/mol. The van der Waals surface area contributed by atoms with E-state index in [2.05, 4.69) is 16.9 Å². The van der Waals surface area contributed by atoms with Crippen molar-refractivity contribution >= 4 is 34.3 Å². The summed E-state index contributed by atoms with van der Waals surface area (Å²) in [6, 6.07) is 13.1. The number of hydrogen-bond acceptors (Lipinski definition) is 4. The van der Waals surface area contributed by atoms with Gasteiger partial charge in [0.1, 0.15) is 0 Å². The van der Waals surface area contributed by atoms with E-state index in [-0.39, 0.29) is 11.5 Å². The Kier molecular flexibility index (Phi) is 5.99. The van der Waals surface area contributed by atoms with Crippen molar-refractivity contribution in [3.05, 3.63) is 76.6 Å². The first kappa shape index (κ1) is 19.9. The van der Waals surface area contributed by atoms with Crippen molar-refractivity contribution in [3.8, 4) is 0 Å². The molecule has 1 amide bonds. The molecule has 0 radical (unpaired) electrons. The molecule has 0 saturated heterocycles. The van der Waals surface area contributed by atoms with Gasteiger partial charge in [0.2, 0.25) is 5.91 Å². The average molecular weight is 394 g/mol. The van der Waals surface area contributed by atoms with Crippen LogP contribution in [0, 0.1) is 13.8 Å². The van der Waals surface area contributed by atoms with E-state index < -0.39 is 5.25 Å². The first-order valence-corrected chi connectivity index (χ1v) is 9.94. The van der Waals surface area contributed by atoms with Crippen LogP contribution in [0.25, 0.3) is 10.9 Å².